The molecule has 0 aliphatic carbocycles. The molecule has 0 unspecified atom stereocenters. The minimum Gasteiger partial charge on any atom is -0.392 e. The number of hydrogen-bond acceptors (Lipinski definition) is 6. The van der Waals surface area contributed by atoms with Gasteiger partial charge in [0.25, 0.3) is 0 Å². The van der Waals surface area contributed by atoms with Gasteiger partial charge in [0.05, 0.1) is 27.9 Å². The third-order valence-corrected chi connectivity index (χ3v) is 5.35. The number of nitrogens with zero attached hydrogens (tertiary/aromatic N) is 2. The Morgan fingerprint density at radius 3 is 2.68 bits per heavy atom. The van der Waals surface area contributed by atoms with Crippen molar-refractivity contribution in [3.8, 4) is 10.6 Å². The van der Waals surface area contributed by atoms with Crippen LogP contribution in [0.5, 0.6) is 0 Å². The van der Waals surface area contributed by atoms with Crippen LogP contribution in [0.15, 0.2) is 23.6 Å². The third kappa shape index (κ3) is 2.90. The van der Waals surface area contributed by atoms with E-state index in [0.717, 1.165) is 43.2 Å². The lowest BCUT2D eigenvalue weighted by Crippen LogP contribution is -1.96. The lowest BCUT2D eigenvalue weighted by molar-refractivity contribution is 0.281. The van der Waals surface area contributed by atoms with Crippen molar-refractivity contribution in [2.45, 2.75) is 27.4 Å². The van der Waals surface area contributed by atoms with E-state index >= 15 is 0 Å². The van der Waals surface area contributed by atoms with E-state index in [9.17, 15) is 5.11 Å². The fraction of sp³-hybridized carbons (Fsp3) is 0.250. The molecule has 0 fully saturated rings. The van der Waals surface area contributed by atoms with Gasteiger partial charge in [-0.05, 0) is 38.0 Å². The Hall–Kier alpha value is -1.76. The van der Waals surface area contributed by atoms with Crippen molar-refractivity contribution in [2.75, 3.05) is 5.32 Å². The average Bonchev–Trinajstić information content (AvgIpc) is 3.07. The fourth-order valence-electron chi connectivity index (χ4n) is 2.31. The van der Waals surface area contributed by atoms with E-state index in [4.69, 9.17) is 0 Å². The van der Waals surface area contributed by atoms with Gasteiger partial charge in [-0.2, -0.15) is 0 Å². The second kappa shape index (κ2) is 6.16. The summed E-state index contributed by atoms with van der Waals surface area (Å²) in [6.07, 6.45) is 0. The Morgan fingerprint density at radius 1 is 1.18 bits per heavy atom. The molecule has 0 aliphatic heterocycles. The van der Waals surface area contributed by atoms with Crippen molar-refractivity contribution in [1.82, 2.24) is 9.97 Å². The van der Waals surface area contributed by atoms with Crippen LogP contribution in [0, 0.1) is 20.8 Å². The Bertz CT molecular complexity index is 808. The van der Waals surface area contributed by atoms with Gasteiger partial charge in [0.1, 0.15) is 0 Å². The zero-order valence-electron chi connectivity index (χ0n) is 12.7. The van der Waals surface area contributed by atoms with E-state index in [-0.39, 0.29) is 6.61 Å². The number of anilines is 2. The Kier molecular flexibility index (Phi) is 4.24. The van der Waals surface area contributed by atoms with Crippen molar-refractivity contribution >= 4 is 33.5 Å². The first-order valence-corrected chi connectivity index (χ1v) is 8.64. The van der Waals surface area contributed by atoms with Crippen molar-refractivity contribution in [1.29, 1.82) is 0 Å². The largest absolute Gasteiger partial charge is 0.392 e. The predicted molar refractivity (Wildman–Crippen MR) is 93.1 cm³/mol. The molecule has 1 aromatic carbocycles. The second-order valence-corrected chi connectivity index (χ2v) is 7.12. The van der Waals surface area contributed by atoms with Crippen molar-refractivity contribution in [3.63, 3.8) is 0 Å². The first-order valence-electron chi connectivity index (χ1n) is 6.94. The Morgan fingerprint density at radius 2 is 2.00 bits per heavy atom. The first-order chi connectivity index (χ1) is 10.6. The molecule has 4 nitrogen and oxygen atoms in total. The highest BCUT2D eigenvalue weighted by Crippen LogP contribution is 2.33. The molecule has 0 bridgehead atoms. The average molecular weight is 331 g/mol. The number of aryl methyl sites for hydroxylation is 2. The van der Waals surface area contributed by atoms with Crippen LogP contribution in [-0.4, -0.2) is 15.1 Å². The molecule has 0 saturated carbocycles. The van der Waals surface area contributed by atoms with Gasteiger partial charge in [-0.25, -0.2) is 9.97 Å². The van der Waals surface area contributed by atoms with Crippen molar-refractivity contribution in [2.24, 2.45) is 0 Å². The number of hydrogen-bond donors (Lipinski definition) is 2. The van der Waals surface area contributed by atoms with Gasteiger partial charge in [0.15, 0.2) is 5.13 Å². The first kappa shape index (κ1) is 15.1. The molecular weight excluding hydrogens is 314 g/mol. The van der Waals surface area contributed by atoms with Crippen LogP contribution < -0.4 is 5.32 Å². The molecule has 3 rings (SSSR count). The molecule has 0 saturated heterocycles. The number of thiazole rings is 2. The lowest BCUT2D eigenvalue weighted by atomic mass is 10.1. The third-order valence-electron chi connectivity index (χ3n) is 3.50. The maximum absolute atomic E-state index is 9.35. The smallest absolute Gasteiger partial charge is 0.187 e. The summed E-state index contributed by atoms with van der Waals surface area (Å²) in [5, 5.41) is 16.6. The maximum Gasteiger partial charge on any atom is 0.187 e. The number of benzene rings is 1. The summed E-state index contributed by atoms with van der Waals surface area (Å²) in [6.45, 7) is 6.07. The summed E-state index contributed by atoms with van der Waals surface area (Å²) in [5.41, 5.74) is 4.94. The predicted octanol–water partition coefficient (Wildman–Crippen LogP) is 4.43. The number of aliphatic hydroxyl groups is 1. The molecule has 0 aliphatic rings. The molecule has 0 radical (unpaired) electrons. The van der Waals surface area contributed by atoms with Crippen molar-refractivity contribution in [3.05, 3.63) is 45.4 Å². The van der Waals surface area contributed by atoms with E-state index in [1.165, 1.54) is 0 Å². The molecule has 2 heterocycles. The lowest BCUT2D eigenvalue weighted by Gasteiger charge is -2.09. The Balaban J connectivity index is 1.88. The zero-order chi connectivity index (χ0) is 15.7. The summed E-state index contributed by atoms with van der Waals surface area (Å²) < 4.78 is 0. The van der Waals surface area contributed by atoms with Crippen LogP contribution in [0.4, 0.5) is 10.8 Å². The van der Waals surface area contributed by atoms with Crippen LogP contribution in [-0.2, 0) is 6.61 Å². The zero-order valence-corrected chi connectivity index (χ0v) is 14.3. The topological polar surface area (TPSA) is 58.0 Å². The minimum atomic E-state index is 0.0454. The van der Waals surface area contributed by atoms with E-state index in [0.29, 0.717) is 0 Å². The number of aromatic nitrogens is 2. The van der Waals surface area contributed by atoms with Gasteiger partial charge in [-0.1, -0.05) is 12.1 Å². The molecule has 22 heavy (non-hydrogen) atoms. The Labute approximate surface area is 137 Å². The van der Waals surface area contributed by atoms with Crippen LogP contribution in [0.1, 0.15) is 21.8 Å². The van der Waals surface area contributed by atoms with Gasteiger partial charge < -0.3 is 10.4 Å². The monoisotopic (exact) mass is 331 g/mol. The SMILES string of the molecule is Cc1nc(C)c(-c2csc(Nc3cccc(CO)c3C)n2)s1. The summed E-state index contributed by atoms with van der Waals surface area (Å²) in [5.74, 6) is 0. The van der Waals surface area contributed by atoms with E-state index < -0.39 is 0 Å². The van der Waals surface area contributed by atoms with E-state index in [1.807, 2.05) is 44.4 Å². The normalized spacial score (nSPS) is 10.9. The molecule has 0 amide bonds. The fourth-order valence-corrected chi connectivity index (χ4v) is 3.98. The van der Waals surface area contributed by atoms with Gasteiger partial charge in [0.2, 0.25) is 0 Å². The van der Waals surface area contributed by atoms with E-state index in [1.54, 1.807) is 22.7 Å². The molecule has 2 aromatic heterocycles. The summed E-state index contributed by atoms with van der Waals surface area (Å²) in [4.78, 5) is 10.2. The quantitative estimate of drug-likeness (QED) is 0.742. The molecule has 0 atom stereocenters. The number of nitrogens with one attached hydrogen (secondary N) is 1. The highest BCUT2D eigenvalue weighted by atomic mass is 32.1. The van der Waals surface area contributed by atoms with Crippen LogP contribution in [0.3, 0.4) is 0 Å². The van der Waals surface area contributed by atoms with Gasteiger partial charge in [0, 0.05) is 11.1 Å². The summed E-state index contributed by atoms with van der Waals surface area (Å²) >= 11 is 3.24. The second-order valence-electron chi connectivity index (χ2n) is 5.06. The minimum absolute atomic E-state index is 0.0454. The van der Waals surface area contributed by atoms with Gasteiger partial charge >= 0.3 is 0 Å². The molecule has 0 spiro atoms. The highest BCUT2D eigenvalue weighted by Gasteiger charge is 2.12. The molecule has 6 heteroatoms. The van der Waals surface area contributed by atoms with E-state index in [2.05, 4.69) is 15.3 Å². The summed E-state index contributed by atoms with van der Waals surface area (Å²) in [7, 11) is 0. The van der Waals surface area contributed by atoms with Crippen LogP contribution in [0.2, 0.25) is 0 Å². The standard InChI is InChI=1S/C16H17N3OS2/c1-9-12(7-20)5-4-6-13(9)18-16-19-14(8-21-16)15-10(2)17-11(3)22-15/h4-6,8,20H,7H2,1-3H3,(H,18,19). The maximum atomic E-state index is 9.35. The highest BCUT2D eigenvalue weighted by molar-refractivity contribution is 7.16. The number of rotatable bonds is 4. The van der Waals surface area contributed by atoms with Gasteiger partial charge in [-0.15, -0.1) is 22.7 Å². The van der Waals surface area contributed by atoms with Crippen LogP contribution >= 0.6 is 22.7 Å². The molecule has 114 valence electrons. The number of aliphatic hydroxyl groups excluding tert-OH is 1. The molecule has 3 aromatic rings. The van der Waals surface area contributed by atoms with Gasteiger partial charge in [-0.3, -0.25) is 0 Å². The molecule has 2 N–H and O–H groups in total. The van der Waals surface area contributed by atoms with Crippen LogP contribution in [0.25, 0.3) is 10.6 Å². The van der Waals surface area contributed by atoms with Crippen molar-refractivity contribution < 1.29 is 5.11 Å². The molecular formula is C16H17N3OS2. The summed E-state index contributed by atoms with van der Waals surface area (Å²) in [6, 6.07) is 5.86.